The maximum absolute atomic E-state index is 5.57. The van der Waals surface area contributed by atoms with Gasteiger partial charge in [-0.05, 0) is 12.5 Å². The van der Waals surface area contributed by atoms with Gasteiger partial charge in [-0.15, -0.1) is 0 Å². The second kappa shape index (κ2) is 5.54. The van der Waals surface area contributed by atoms with Gasteiger partial charge in [-0.1, -0.05) is 52.9 Å². The predicted octanol–water partition coefficient (Wildman–Crippen LogP) is 3.20. The molecule has 0 N–H and O–H groups in total. The van der Waals surface area contributed by atoms with Gasteiger partial charge in [-0.3, -0.25) is 0 Å². The van der Waals surface area contributed by atoms with E-state index in [2.05, 4.69) is 41.6 Å². The molecule has 0 amide bonds. The summed E-state index contributed by atoms with van der Waals surface area (Å²) >= 11 is 2.32. The molecule has 0 saturated carbocycles. The van der Waals surface area contributed by atoms with Gasteiger partial charge in [0.25, 0.3) is 0 Å². The van der Waals surface area contributed by atoms with E-state index in [1.807, 2.05) is 18.2 Å². The molecule has 1 aromatic carbocycles. The number of benzene rings is 1. The van der Waals surface area contributed by atoms with Crippen LogP contribution in [-0.4, -0.2) is 11.0 Å². The summed E-state index contributed by atoms with van der Waals surface area (Å²) in [7, 11) is 0. The van der Waals surface area contributed by atoms with E-state index in [4.69, 9.17) is 4.74 Å². The molecule has 0 spiro atoms. The molecule has 1 unspecified atom stereocenters. The number of rotatable bonds is 4. The molecule has 0 aliphatic carbocycles. The highest BCUT2D eigenvalue weighted by Gasteiger charge is 2.02. The fraction of sp³-hybridized carbons (Fsp3) is 0.400. The van der Waals surface area contributed by atoms with Crippen molar-refractivity contribution in [1.29, 1.82) is 0 Å². The zero-order chi connectivity index (χ0) is 8.81. The van der Waals surface area contributed by atoms with Crippen LogP contribution in [0.5, 0.6) is 0 Å². The molecule has 0 heterocycles. The van der Waals surface area contributed by atoms with Crippen molar-refractivity contribution < 1.29 is 4.74 Å². The van der Waals surface area contributed by atoms with Gasteiger partial charge in [0, 0.05) is 4.43 Å². The summed E-state index contributed by atoms with van der Waals surface area (Å²) in [5.74, 6) is 0. The van der Waals surface area contributed by atoms with Gasteiger partial charge in [0.05, 0.1) is 12.7 Å². The summed E-state index contributed by atoms with van der Waals surface area (Å²) in [5, 5.41) is 0. The maximum atomic E-state index is 5.57. The van der Waals surface area contributed by atoms with E-state index in [1.54, 1.807) is 0 Å². The summed E-state index contributed by atoms with van der Waals surface area (Å²) < 4.78 is 6.62. The number of hydrogen-bond acceptors (Lipinski definition) is 1. The minimum atomic E-state index is 0.223. The smallest absolute Gasteiger partial charge is 0.0797 e. The van der Waals surface area contributed by atoms with E-state index >= 15 is 0 Å². The minimum absolute atomic E-state index is 0.223. The second-order valence-electron chi connectivity index (χ2n) is 2.61. The minimum Gasteiger partial charge on any atom is -0.373 e. The van der Waals surface area contributed by atoms with Crippen LogP contribution in [0.1, 0.15) is 18.6 Å². The average molecular weight is 276 g/mol. The van der Waals surface area contributed by atoms with Crippen molar-refractivity contribution in [3.05, 3.63) is 35.9 Å². The Labute approximate surface area is 87.3 Å². The van der Waals surface area contributed by atoms with Crippen LogP contribution in [0.4, 0.5) is 0 Å². The van der Waals surface area contributed by atoms with Crippen LogP contribution in [-0.2, 0) is 4.74 Å². The van der Waals surface area contributed by atoms with Gasteiger partial charge in [-0.2, -0.15) is 0 Å². The lowest BCUT2D eigenvalue weighted by Gasteiger charge is -2.11. The Morgan fingerprint density at radius 3 is 2.58 bits per heavy atom. The number of hydrogen-bond donors (Lipinski definition) is 0. The number of alkyl halides is 1. The summed E-state index contributed by atoms with van der Waals surface area (Å²) in [6, 6.07) is 10.3. The van der Waals surface area contributed by atoms with Crippen LogP contribution in [0.2, 0.25) is 0 Å². The second-order valence-corrected chi connectivity index (χ2v) is 3.69. The Bertz CT molecular complexity index is 210. The van der Waals surface area contributed by atoms with Gasteiger partial charge < -0.3 is 4.74 Å². The zero-order valence-corrected chi connectivity index (χ0v) is 9.32. The lowest BCUT2D eigenvalue weighted by atomic mass is 10.1. The Kier molecular flexibility index (Phi) is 4.61. The zero-order valence-electron chi connectivity index (χ0n) is 7.16. The van der Waals surface area contributed by atoms with E-state index < -0.39 is 0 Å². The third kappa shape index (κ3) is 3.11. The fourth-order valence-corrected chi connectivity index (χ4v) is 1.30. The van der Waals surface area contributed by atoms with Gasteiger partial charge >= 0.3 is 0 Å². The highest BCUT2D eigenvalue weighted by Crippen LogP contribution is 2.15. The molecular formula is C10H13IO. The molecule has 0 fully saturated rings. The molecule has 0 aromatic heterocycles. The van der Waals surface area contributed by atoms with Crippen LogP contribution in [0.25, 0.3) is 0 Å². The first-order valence-electron chi connectivity index (χ1n) is 4.07. The van der Waals surface area contributed by atoms with Gasteiger partial charge in [-0.25, -0.2) is 0 Å². The van der Waals surface area contributed by atoms with Crippen LogP contribution in [0.15, 0.2) is 30.3 Å². The topological polar surface area (TPSA) is 9.23 Å². The molecule has 1 atom stereocenters. The quantitative estimate of drug-likeness (QED) is 0.606. The highest BCUT2D eigenvalue weighted by atomic mass is 127. The Morgan fingerprint density at radius 2 is 2.00 bits per heavy atom. The lowest BCUT2D eigenvalue weighted by molar-refractivity contribution is 0.0797. The fourth-order valence-electron chi connectivity index (χ4n) is 1.04. The summed E-state index contributed by atoms with van der Waals surface area (Å²) in [6.07, 6.45) is 0.223. The Hall–Kier alpha value is -0.0900. The molecule has 12 heavy (non-hydrogen) atoms. The standard InChI is InChI=1S/C10H13IO/c1-9(12-8-7-11)10-5-3-2-4-6-10/h2-6,9H,7-8H2,1H3. The molecule has 2 heteroatoms. The van der Waals surface area contributed by atoms with Crippen molar-refractivity contribution in [2.75, 3.05) is 11.0 Å². The summed E-state index contributed by atoms with van der Waals surface area (Å²) in [5.41, 5.74) is 1.25. The van der Waals surface area contributed by atoms with Crippen molar-refractivity contribution in [3.63, 3.8) is 0 Å². The molecule has 1 rings (SSSR count). The van der Waals surface area contributed by atoms with Crippen molar-refractivity contribution in [2.24, 2.45) is 0 Å². The van der Waals surface area contributed by atoms with Crippen molar-refractivity contribution in [2.45, 2.75) is 13.0 Å². The van der Waals surface area contributed by atoms with Crippen LogP contribution in [0, 0.1) is 0 Å². The van der Waals surface area contributed by atoms with Crippen LogP contribution in [0.3, 0.4) is 0 Å². The molecule has 0 bridgehead atoms. The number of ether oxygens (including phenoxy) is 1. The molecule has 66 valence electrons. The first-order chi connectivity index (χ1) is 5.84. The van der Waals surface area contributed by atoms with Crippen molar-refractivity contribution >= 4 is 22.6 Å². The first-order valence-corrected chi connectivity index (χ1v) is 5.59. The third-order valence-electron chi connectivity index (χ3n) is 1.71. The predicted molar refractivity (Wildman–Crippen MR) is 59.7 cm³/mol. The van der Waals surface area contributed by atoms with E-state index in [9.17, 15) is 0 Å². The van der Waals surface area contributed by atoms with E-state index in [0.29, 0.717) is 0 Å². The summed E-state index contributed by atoms with van der Waals surface area (Å²) in [4.78, 5) is 0. The maximum Gasteiger partial charge on any atom is 0.0797 e. The van der Waals surface area contributed by atoms with Gasteiger partial charge in [0.15, 0.2) is 0 Å². The Balaban J connectivity index is 2.48. The molecule has 0 saturated heterocycles. The van der Waals surface area contributed by atoms with E-state index in [1.165, 1.54) is 5.56 Å². The highest BCUT2D eigenvalue weighted by molar-refractivity contribution is 14.1. The third-order valence-corrected chi connectivity index (χ3v) is 2.15. The SMILES string of the molecule is CC(OCCI)c1ccccc1. The molecule has 0 radical (unpaired) electrons. The van der Waals surface area contributed by atoms with E-state index in [0.717, 1.165) is 11.0 Å². The molecule has 0 aliphatic heterocycles. The summed E-state index contributed by atoms with van der Waals surface area (Å²) in [6.45, 7) is 2.91. The lowest BCUT2D eigenvalue weighted by Crippen LogP contribution is -2.01. The molecule has 1 nitrogen and oxygen atoms in total. The van der Waals surface area contributed by atoms with Gasteiger partial charge in [0.2, 0.25) is 0 Å². The van der Waals surface area contributed by atoms with Gasteiger partial charge in [0.1, 0.15) is 0 Å². The van der Waals surface area contributed by atoms with E-state index in [-0.39, 0.29) is 6.10 Å². The molecule has 0 aliphatic rings. The first kappa shape index (κ1) is 9.99. The van der Waals surface area contributed by atoms with Crippen molar-refractivity contribution in [3.8, 4) is 0 Å². The normalized spacial score (nSPS) is 12.8. The largest absolute Gasteiger partial charge is 0.373 e. The molecule has 1 aromatic rings. The average Bonchev–Trinajstić information content (AvgIpc) is 2.15. The Morgan fingerprint density at radius 1 is 1.33 bits per heavy atom. The van der Waals surface area contributed by atoms with Crippen LogP contribution >= 0.6 is 22.6 Å². The monoisotopic (exact) mass is 276 g/mol. The van der Waals surface area contributed by atoms with Crippen LogP contribution < -0.4 is 0 Å². The van der Waals surface area contributed by atoms with Crippen molar-refractivity contribution in [1.82, 2.24) is 0 Å². The molecular weight excluding hydrogens is 263 g/mol. The number of halogens is 1.